The van der Waals surface area contributed by atoms with E-state index in [1.807, 2.05) is 30.3 Å². The number of carboxylic acid groups (broad SMARTS) is 1. The van der Waals surface area contributed by atoms with Crippen molar-refractivity contribution < 1.29 is 19.5 Å². The number of hydrogen-bond donors (Lipinski definition) is 1. The topological polar surface area (TPSA) is 77.9 Å². The molecule has 0 bridgehead atoms. The van der Waals surface area contributed by atoms with Crippen LogP contribution in [-0.2, 0) is 14.4 Å². The summed E-state index contributed by atoms with van der Waals surface area (Å²) < 4.78 is 0. The Kier molecular flexibility index (Phi) is 6.35. The number of carbonyl (C=O) groups is 3. The molecular formula is C18H24N2O4. The monoisotopic (exact) mass is 332 g/mol. The van der Waals surface area contributed by atoms with E-state index < -0.39 is 12.0 Å². The highest BCUT2D eigenvalue weighted by molar-refractivity contribution is 5.99. The highest BCUT2D eigenvalue weighted by Crippen LogP contribution is 2.23. The van der Waals surface area contributed by atoms with Gasteiger partial charge in [-0.25, -0.2) is 0 Å². The van der Waals surface area contributed by atoms with E-state index in [9.17, 15) is 14.4 Å². The first-order valence-electron chi connectivity index (χ1n) is 8.34. The zero-order valence-electron chi connectivity index (χ0n) is 14.0. The molecular weight excluding hydrogens is 308 g/mol. The number of hydrogen-bond acceptors (Lipinski definition) is 3. The molecule has 1 saturated heterocycles. The molecule has 1 aliphatic heterocycles. The van der Waals surface area contributed by atoms with Gasteiger partial charge in [-0.1, -0.05) is 18.2 Å². The molecule has 1 aliphatic rings. The number of piperidine rings is 1. The smallest absolute Gasteiger partial charge is 0.303 e. The van der Waals surface area contributed by atoms with Crippen LogP contribution in [0.25, 0.3) is 0 Å². The van der Waals surface area contributed by atoms with Crippen molar-refractivity contribution in [3.05, 3.63) is 30.3 Å². The highest BCUT2D eigenvalue weighted by atomic mass is 16.4. The van der Waals surface area contributed by atoms with Gasteiger partial charge in [-0.15, -0.1) is 0 Å². The lowest BCUT2D eigenvalue weighted by Gasteiger charge is -2.37. The Balaban J connectivity index is 1.93. The summed E-state index contributed by atoms with van der Waals surface area (Å²) in [5.74, 6) is -1.00. The number of rotatable bonds is 7. The summed E-state index contributed by atoms with van der Waals surface area (Å²) in [6.45, 7) is 0.667. The van der Waals surface area contributed by atoms with Crippen LogP contribution in [0.3, 0.4) is 0 Å². The third kappa shape index (κ3) is 4.57. The molecule has 1 aromatic rings. The Bertz CT molecular complexity index is 588. The van der Waals surface area contributed by atoms with E-state index in [4.69, 9.17) is 5.11 Å². The van der Waals surface area contributed by atoms with Crippen LogP contribution in [0.5, 0.6) is 0 Å². The number of amides is 2. The Labute approximate surface area is 142 Å². The molecule has 1 N–H and O–H groups in total. The van der Waals surface area contributed by atoms with Crippen molar-refractivity contribution in [3.63, 3.8) is 0 Å². The molecule has 1 heterocycles. The molecule has 0 radical (unpaired) electrons. The second-order valence-corrected chi connectivity index (χ2v) is 6.09. The molecule has 1 fully saturated rings. The van der Waals surface area contributed by atoms with E-state index in [2.05, 4.69) is 0 Å². The Hall–Kier alpha value is -2.37. The third-order valence-corrected chi connectivity index (χ3v) is 4.37. The first kappa shape index (κ1) is 18.0. The lowest BCUT2D eigenvalue weighted by Crippen LogP contribution is -2.53. The lowest BCUT2D eigenvalue weighted by molar-refractivity contribution is -0.139. The van der Waals surface area contributed by atoms with E-state index in [1.54, 1.807) is 11.9 Å². The van der Waals surface area contributed by atoms with Gasteiger partial charge in [-0.05, 0) is 37.8 Å². The van der Waals surface area contributed by atoms with E-state index in [0.29, 0.717) is 25.8 Å². The maximum absolute atomic E-state index is 12.7. The molecule has 24 heavy (non-hydrogen) atoms. The summed E-state index contributed by atoms with van der Waals surface area (Å²) in [4.78, 5) is 38.8. The standard InChI is InChI=1S/C18H24N2O4/c1-19(16(21)11-5-6-12-17(22)23)15-10-7-13-20(18(15)24)14-8-3-2-4-9-14/h2-4,8-9,15H,5-7,10-13H2,1H3,(H,22,23). The van der Waals surface area contributed by atoms with Crippen LogP contribution in [0.2, 0.25) is 0 Å². The summed E-state index contributed by atoms with van der Waals surface area (Å²) in [7, 11) is 1.66. The van der Waals surface area contributed by atoms with Crippen LogP contribution < -0.4 is 4.90 Å². The lowest BCUT2D eigenvalue weighted by atomic mass is 10.0. The van der Waals surface area contributed by atoms with Crippen LogP contribution in [-0.4, -0.2) is 47.4 Å². The van der Waals surface area contributed by atoms with E-state index in [1.165, 1.54) is 4.90 Å². The minimum Gasteiger partial charge on any atom is -0.481 e. The van der Waals surface area contributed by atoms with Crippen molar-refractivity contribution in [2.24, 2.45) is 0 Å². The summed E-state index contributed by atoms with van der Waals surface area (Å²) in [5, 5.41) is 8.62. The molecule has 0 aromatic heterocycles. The van der Waals surface area contributed by atoms with Crippen LogP contribution >= 0.6 is 0 Å². The van der Waals surface area contributed by atoms with Crippen molar-refractivity contribution in [2.75, 3.05) is 18.5 Å². The maximum Gasteiger partial charge on any atom is 0.303 e. The molecule has 1 aromatic carbocycles. The minimum absolute atomic E-state index is 0.0474. The van der Waals surface area contributed by atoms with Crippen molar-refractivity contribution in [1.82, 2.24) is 4.90 Å². The van der Waals surface area contributed by atoms with E-state index in [0.717, 1.165) is 12.1 Å². The molecule has 0 spiro atoms. The maximum atomic E-state index is 12.7. The van der Waals surface area contributed by atoms with Gasteiger partial charge in [-0.3, -0.25) is 14.4 Å². The number of aliphatic carboxylic acids is 1. The average Bonchev–Trinajstić information content (AvgIpc) is 2.58. The number of nitrogens with zero attached hydrogens (tertiary/aromatic N) is 2. The van der Waals surface area contributed by atoms with E-state index >= 15 is 0 Å². The number of unbranched alkanes of at least 4 members (excludes halogenated alkanes) is 1. The van der Waals surface area contributed by atoms with Gasteiger partial charge in [0.2, 0.25) is 11.8 Å². The summed E-state index contributed by atoms with van der Waals surface area (Å²) in [6.07, 6.45) is 2.87. The van der Waals surface area contributed by atoms with Gasteiger partial charge >= 0.3 is 5.97 Å². The second-order valence-electron chi connectivity index (χ2n) is 6.09. The molecule has 6 heteroatoms. The molecule has 1 atom stereocenters. The second kappa shape index (κ2) is 8.47. The largest absolute Gasteiger partial charge is 0.481 e. The van der Waals surface area contributed by atoms with Gasteiger partial charge in [0, 0.05) is 32.1 Å². The van der Waals surface area contributed by atoms with Crippen LogP contribution in [0.15, 0.2) is 30.3 Å². The van der Waals surface area contributed by atoms with Gasteiger partial charge in [0.25, 0.3) is 0 Å². The predicted octanol–water partition coefficient (Wildman–Crippen LogP) is 2.29. The zero-order chi connectivity index (χ0) is 17.5. The number of anilines is 1. The number of carbonyl (C=O) groups excluding carboxylic acids is 2. The van der Waals surface area contributed by atoms with Crippen LogP contribution in [0.4, 0.5) is 5.69 Å². The normalized spacial score (nSPS) is 17.6. The number of likely N-dealkylation sites (N-methyl/N-ethyl adjacent to an activating group) is 1. The van der Waals surface area contributed by atoms with E-state index in [-0.39, 0.29) is 24.7 Å². The number of para-hydroxylation sites is 1. The minimum atomic E-state index is -0.850. The van der Waals surface area contributed by atoms with Crippen LogP contribution in [0.1, 0.15) is 38.5 Å². The first-order valence-corrected chi connectivity index (χ1v) is 8.34. The Morgan fingerprint density at radius 2 is 1.88 bits per heavy atom. The summed E-state index contributed by atoms with van der Waals surface area (Å²) in [6, 6.07) is 9.04. The van der Waals surface area contributed by atoms with Gasteiger partial charge in [0.1, 0.15) is 6.04 Å². The number of carboxylic acids is 1. The Morgan fingerprint density at radius 3 is 2.54 bits per heavy atom. The zero-order valence-corrected chi connectivity index (χ0v) is 14.0. The van der Waals surface area contributed by atoms with Gasteiger partial charge in [0.05, 0.1) is 0 Å². The molecule has 1 unspecified atom stereocenters. The quantitative estimate of drug-likeness (QED) is 0.777. The van der Waals surface area contributed by atoms with Gasteiger partial charge in [-0.2, -0.15) is 0 Å². The summed E-state index contributed by atoms with van der Waals surface area (Å²) >= 11 is 0. The number of benzene rings is 1. The third-order valence-electron chi connectivity index (χ3n) is 4.37. The van der Waals surface area contributed by atoms with Crippen LogP contribution in [0, 0.1) is 0 Å². The van der Waals surface area contributed by atoms with Crippen molar-refractivity contribution >= 4 is 23.5 Å². The Morgan fingerprint density at radius 1 is 1.21 bits per heavy atom. The summed E-state index contributed by atoms with van der Waals surface area (Å²) in [5.41, 5.74) is 0.856. The fraction of sp³-hybridized carbons (Fsp3) is 0.500. The van der Waals surface area contributed by atoms with Crippen molar-refractivity contribution in [1.29, 1.82) is 0 Å². The first-order chi connectivity index (χ1) is 11.5. The average molecular weight is 332 g/mol. The molecule has 0 saturated carbocycles. The molecule has 130 valence electrons. The molecule has 0 aliphatic carbocycles. The SMILES string of the molecule is CN(C(=O)CCCCC(=O)O)C1CCCN(c2ccccc2)C1=O. The fourth-order valence-corrected chi connectivity index (χ4v) is 2.98. The molecule has 2 amide bonds. The highest BCUT2D eigenvalue weighted by Gasteiger charge is 2.34. The fourth-order valence-electron chi connectivity index (χ4n) is 2.98. The van der Waals surface area contributed by atoms with Crippen molar-refractivity contribution in [2.45, 2.75) is 44.6 Å². The van der Waals surface area contributed by atoms with Crippen molar-refractivity contribution in [3.8, 4) is 0 Å². The van der Waals surface area contributed by atoms with Gasteiger partial charge in [0.15, 0.2) is 0 Å². The molecule has 6 nitrogen and oxygen atoms in total. The molecule has 2 rings (SSSR count). The predicted molar refractivity (Wildman–Crippen MR) is 90.7 cm³/mol. The van der Waals surface area contributed by atoms with Gasteiger partial charge < -0.3 is 14.9 Å².